The molecule has 2 amide bonds. The van der Waals surface area contributed by atoms with Gasteiger partial charge in [-0.05, 0) is 31.2 Å². The molecule has 7 nitrogen and oxygen atoms in total. The average molecular weight is 374 g/mol. The molecule has 146 valence electrons. The van der Waals surface area contributed by atoms with Gasteiger partial charge in [0.15, 0.2) is 11.5 Å². The van der Waals surface area contributed by atoms with Gasteiger partial charge in [0, 0.05) is 11.6 Å². The standard InChI is InChI=1S/C20H26N2O5/c1-14(16-10-9-15(24-2)13-19(16)26-4)22-20(23)21-11-12-27-18-8-6-5-7-17(18)25-3/h5-10,13-14H,11-12H2,1-4H3,(H2,21,22,23). The van der Waals surface area contributed by atoms with Crippen molar-refractivity contribution in [3.8, 4) is 23.0 Å². The summed E-state index contributed by atoms with van der Waals surface area (Å²) < 4.78 is 21.4. The molecule has 0 fully saturated rings. The van der Waals surface area contributed by atoms with Crippen LogP contribution in [0.1, 0.15) is 18.5 Å². The molecule has 0 saturated carbocycles. The van der Waals surface area contributed by atoms with E-state index >= 15 is 0 Å². The van der Waals surface area contributed by atoms with Crippen LogP contribution >= 0.6 is 0 Å². The zero-order valence-electron chi connectivity index (χ0n) is 16.1. The second-order valence-electron chi connectivity index (χ2n) is 5.73. The fourth-order valence-electron chi connectivity index (χ4n) is 2.57. The fourth-order valence-corrected chi connectivity index (χ4v) is 2.57. The summed E-state index contributed by atoms with van der Waals surface area (Å²) in [6.07, 6.45) is 0. The maximum absolute atomic E-state index is 12.1. The first-order chi connectivity index (χ1) is 13.1. The Morgan fingerprint density at radius 1 is 0.963 bits per heavy atom. The Morgan fingerprint density at radius 3 is 2.33 bits per heavy atom. The van der Waals surface area contributed by atoms with E-state index in [0.29, 0.717) is 36.1 Å². The van der Waals surface area contributed by atoms with Gasteiger partial charge in [0.2, 0.25) is 0 Å². The number of hydrogen-bond acceptors (Lipinski definition) is 5. The van der Waals surface area contributed by atoms with Crippen molar-refractivity contribution in [2.75, 3.05) is 34.5 Å². The maximum atomic E-state index is 12.1. The molecule has 7 heteroatoms. The van der Waals surface area contributed by atoms with Gasteiger partial charge in [0.25, 0.3) is 0 Å². The van der Waals surface area contributed by atoms with Crippen LogP contribution in [0, 0.1) is 0 Å². The minimum absolute atomic E-state index is 0.235. The van der Waals surface area contributed by atoms with E-state index in [1.165, 1.54) is 0 Å². The number of nitrogens with one attached hydrogen (secondary N) is 2. The van der Waals surface area contributed by atoms with Crippen molar-refractivity contribution in [2.45, 2.75) is 13.0 Å². The number of rotatable bonds is 9. The highest BCUT2D eigenvalue weighted by molar-refractivity contribution is 5.74. The molecule has 0 bridgehead atoms. The summed E-state index contributed by atoms with van der Waals surface area (Å²) in [6.45, 7) is 2.57. The lowest BCUT2D eigenvalue weighted by Gasteiger charge is -2.18. The average Bonchev–Trinajstić information content (AvgIpc) is 2.70. The SMILES string of the molecule is COc1ccc(C(C)NC(=O)NCCOc2ccccc2OC)c(OC)c1. The van der Waals surface area contributed by atoms with E-state index in [1.807, 2.05) is 43.3 Å². The molecule has 0 heterocycles. The molecule has 2 aromatic rings. The van der Waals surface area contributed by atoms with Gasteiger partial charge in [-0.2, -0.15) is 0 Å². The molecule has 1 atom stereocenters. The zero-order chi connectivity index (χ0) is 19.6. The molecule has 0 spiro atoms. The van der Waals surface area contributed by atoms with Crippen LogP contribution in [0.2, 0.25) is 0 Å². The van der Waals surface area contributed by atoms with E-state index in [4.69, 9.17) is 18.9 Å². The third-order valence-corrected chi connectivity index (χ3v) is 3.97. The van der Waals surface area contributed by atoms with Crippen molar-refractivity contribution in [1.82, 2.24) is 10.6 Å². The molecule has 0 aliphatic rings. The third kappa shape index (κ3) is 5.70. The first-order valence-corrected chi connectivity index (χ1v) is 8.61. The maximum Gasteiger partial charge on any atom is 0.315 e. The van der Waals surface area contributed by atoms with Crippen molar-refractivity contribution >= 4 is 6.03 Å². The van der Waals surface area contributed by atoms with Gasteiger partial charge in [-0.3, -0.25) is 0 Å². The van der Waals surface area contributed by atoms with E-state index in [1.54, 1.807) is 27.4 Å². The molecule has 2 rings (SSSR count). The fraction of sp³-hybridized carbons (Fsp3) is 0.350. The Kier molecular flexibility index (Phi) is 7.61. The minimum Gasteiger partial charge on any atom is -0.497 e. The summed E-state index contributed by atoms with van der Waals surface area (Å²) in [5.41, 5.74) is 0.860. The van der Waals surface area contributed by atoms with Crippen molar-refractivity contribution in [3.63, 3.8) is 0 Å². The molecule has 1 unspecified atom stereocenters. The molecule has 2 N–H and O–H groups in total. The van der Waals surface area contributed by atoms with Gasteiger partial charge in [0.05, 0.1) is 33.9 Å². The predicted octanol–water partition coefficient (Wildman–Crippen LogP) is 3.15. The summed E-state index contributed by atoms with van der Waals surface area (Å²) in [6, 6.07) is 12.3. The third-order valence-electron chi connectivity index (χ3n) is 3.97. The van der Waals surface area contributed by atoms with E-state index in [2.05, 4.69) is 10.6 Å². The molecule has 0 saturated heterocycles. The van der Waals surface area contributed by atoms with Crippen LogP contribution in [-0.4, -0.2) is 40.5 Å². The van der Waals surface area contributed by atoms with Crippen LogP contribution in [0.3, 0.4) is 0 Å². The largest absolute Gasteiger partial charge is 0.497 e. The first-order valence-electron chi connectivity index (χ1n) is 8.61. The second kappa shape index (κ2) is 10.2. The number of para-hydroxylation sites is 2. The Labute approximate surface area is 159 Å². The van der Waals surface area contributed by atoms with Gasteiger partial charge in [0.1, 0.15) is 18.1 Å². The number of methoxy groups -OCH3 is 3. The topological polar surface area (TPSA) is 78.1 Å². The number of benzene rings is 2. The number of hydrogen-bond donors (Lipinski definition) is 2. The van der Waals surface area contributed by atoms with Crippen LogP contribution in [0.25, 0.3) is 0 Å². The normalized spacial score (nSPS) is 11.3. The summed E-state index contributed by atoms with van der Waals surface area (Å²) in [7, 11) is 4.76. The first kappa shape index (κ1) is 20.2. The number of ether oxygens (including phenoxy) is 4. The van der Waals surface area contributed by atoms with E-state index < -0.39 is 0 Å². The molecule has 2 aromatic carbocycles. The van der Waals surface area contributed by atoms with E-state index in [0.717, 1.165) is 5.56 Å². The lowest BCUT2D eigenvalue weighted by atomic mass is 10.1. The van der Waals surface area contributed by atoms with Gasteiger partial charge in [-0.15, -0.1) is 0 Å². The summed E-state index contributed by atoms with van der Waals surface area (Å²) in [5.74, 6) is 2.64. The molecule has 0 aliphatic heterocycles. The number of urea groups is 1. The van der Waals surface area contributed by atoms with Gasteiger partial charge < -0.3 is 29.6 Å². The minimum atomic E-state index is -0.288. The molecular formula is C20H26N2O5. The van der Waals surface area contributed by atoms with Crippen LogP contribution in [0.15, 0.2) is 42.5 Å². The summed E-state index contributed by atoms with van der Waals surface area (Å²) in [5, 5.41) is 5.65. The highest BCUT2D eigenvalue weighted by Gasteiger charge is 2.14. The Bertz CT molecular complexity index is 751. The molecule has 0 aliphatic carbocycles. The summed E-state index contributed by atoms with van der Waals surface area (Å²) in [4.78, 5) is 12.1. The molecule has 0 radical (unpaired) electrons. The lowest BCUT2D eigenvalue weighted by Crippen LogP contribution is -2.39. The highest BCUT2D eigenvalue weighted by atomic mass is 16.5. The molecule has 0 aromatic heterocycles. The van der Waals surface area contributed by atoms with Crippen molar-refractivity contribution in [2.24, 2.45) is 0 Å². The van der Waals surface area contributed by atoms with Crippen molar-refractivity contribution in [3.05, 3.63) is 48.0 Å². The number of carbonyl (C=O) groups is 1. The van der Waals surface area contributed by atoms with Crippen LogP contribution in [-0.2, 0) is 0 Å². The smallest absolute Gasteiger partial charge is 0.315 e. The van der Waals surface area contributed by atoms with Gasteiger partial charge in [-0.1, -0.05) is 12.1 Å². The van der Waals surface area contributed by atoms with E-state index in [-0.39, 0.29) is 12.1 Å². The second-order valence-corrected chi connectivity index (χ2v) is 5.73. The quantitative estimate of drug-likeness (QED) is 0.659. The molecular weight excluding hydrogens is 348 g/mol. The Morgan fingerprint density at radius 2 is 1.67 bits per heavy atom. The van der Waals surface area contributed by atoms with Crippen LogP contribution < -0.4 is 29.6 Å². The van der Waals surface area contributed by atoms with Crippen molar-refractivity contribution in [1.29, 1.82) is 0 Å². The predicted molar refractivity (Wildman–Crippen MR) is 103 cm³/mol. The summed E-state index contributed by atoms with van der Waals surface area (Å²) >= 11 is 0. The Hall–Kier alpha value is -3.09. The Balaban J connectivity index is 1.81. The van der Waals surface area contributed by atoms with Crippen LogP contribution in [0.4, 0.5) is 4.79 Å². The number of carbonyl (C=O) groups excluding carboxylic acids is 1. The van der Waals surface area contributed by atoms with Crippen molar-refractivity contribution < 1.29 is 23.7 Å². The zero-order valence-corrected chi connectivity index (χ0v) is 16.1. The number of amides is 2. The highest BCUT2D eigenvalue weighted by Crippen LogP contribution is 2.29. The van der Waals surface area contributed by atoms with Gasteiger partial charge in [-0.25, -0.2) is 4.79 Å². The van der Waals surface area contributed by atoms with E-state index in [9.17, 15) is 4.79 Å². The lowest BCUT2D eigenvalue weighted by molar-refractivity contribution is 0.232. The monoisotopic (exact) mass is 374 g/mol. The van der Waals surface area contributed by atoms with Gasteiger partial charge >= 0.3 is 6.03 Å². The molecule has 27 heavy (non-hydrogen) atoms. The van der Waals surface area contributed by atoms with Crippen LogP contribution in [0.5, 0.6) is 23.0 Å².